The van der Waals surface area contributed by atoms with Crippen molar-refractivity contribution in [2.45, 2.75) is 19.8 Å². The number of hydrogen-bond donors (Lipinski definition) is 1. The van der Waals surface area contributed by atoms with E-state index >= 15 is 0 Å². The van der Waals surface area contributed by atoms with Crippen molar-refractivity contribution in [3.05, 3.63) is 23.8 Å². The second kappa shape index (κ2) is 8.20. The maximum absolute atomic E-state index is 12.3. The van der Waals surface area contributed by atoms with Crippen molar-refractivity contribution in [1.29, 1.82) is 5.26 Å². The van der Waals surface area contributed by atoms with Crippen LogP contribution in [0.3, 0.4) is 0 Å². The first kappa shape index (κ1) is 17.6. The van der Waals surface area contributed by atoms with Gasteiger partial charge in [-0.15, -0.1) is 0 Å². The Balaban J connectivity index is 1.95. The van der Waals surface area contributed by atoms with Crippen LogP contribution >= 0.6 is 0 Å². The fourth-order valence-electron chi connectivity index (χ4n) is 2.68. The molecule has 1 saturated heterocycles. The van der Waals surface area contributed by atoms with Crippen molar-refractivity contribution in [2.75, 3.05) is 32.1 Å². The molecule has 0 spiro atoms. The van der Waals surface area contributed by atoms with E-state index in [4.69, 9.17) is 10.00 Å². The van der Waals surface area contributed by atoms with Crippen LogP contribution in [0.4, 0.5) is 10.5 Å². The Morgan fingerprint density at radius 1 is 1.46 bits per heavy atom. The molecular weight excluding hydrogens is 310 g/mol. The van der Waals surface area contributed by atoms with Crippen LogP contribution in [0.1, 0.15) is 25.3 Å². The third-order valence-corrected chi connectivity index (χ3v) is 3.91. The Hall–Kier alpha value is -2.75. The number of amides is 2. The highest BCUT2D eigenvalue weighted by Gasteiger charge is 2.28. The van der Waals surface area contributed by atoms with E-state index in [0.717, 1.165) is 6.42 Å². The lowest BCUT2D eigenvalue weighted by Crippen LogP contribution is -2.33. The topological polar surface area (TPSA) is 91.7 Å². The number of nitrogens with zero attached hydrogens (tertiary/aromatic N) is 2. The van der Waals surface area contributed by atoms with Crippen LogP contribution in [0.25, 0.3) is 0 Å². The highest BCUT2D eigenvalue weighted by atomic mass is 16.5. The highest BCUT2D eigenvalue weighted by Crippen LogP contribution is 2.24. The van der Waals surface area contributed by atoms with Crippen LogP contribution in [0.5, 0.6) is 5.75 Å². The van der Waals surface area contributed by atoms with E-state index in [1.165, 1.54) is 7.11 Å². The minimum absolute atomic E-state index is 0.123. The second-order valence-corrected chi connectivity index (χ2v) is 5.57. The van der Waals surface area contributed by atoms with Crippen molar-refractivity contribution in [2.24, 2.45) is 5.92 Å². The number of urea groups is 1. The van der Waals surface area contributed by atoms with E-state index in [-0.39, 0.29) is 17.9 Å². The normalized spacial score (nSPS) is 16.4. The van der Waals surface area contributed by atoms with Crippen molar-refractivity contribution in [1.82, 2.24) is 4.90 Å². The average molecular weight is 331 g/mol. The number of carbonyl (C=O) groups excluding carboxylic acids is 2. The molecule has 1 N–H and O–H groups in total. The van der Waals surface area contributed by atoms with E-state index in [1.54, 1.807) is 23.1 Å². The minimum atomic E-state index is -0.257. The summed E-state index contributed by atoms with van der Waals surface area (Å²) in [5.74, 6) is 0.364. The number of nitrogens with one attached hydrogen (secondary N) is 1. The summed E-state index contributed by atoms with van der Waals surface area (Å²) in [5, 5.41) is 11.9. The summed E-state index contributed by atoms with van der Waals surface area (Å²) in [6, 6.07) is 6.77. The number of ether oxygens (including phenoxy) is 2. The molecule has 1 heterocycles. The third-order valence-electron chi connectivity index (χ3n) is 3.91. The Kier molecular flexibility index (Phi) is 6.01. The van der Waals surface area contributed by atoms with Crippen LogP contribution in [0.2, 0.25) is 0 Å². The predicted octanol–water partition coefficient (Wildman–Crippen LogP) is 2.37. The van der Waals surface area contributed by atoms with E-state index in [2.05, 4.69) is 16.1 Å². The van der Waals surface area contributed by atoms with Gasteiger partial charge in [0.15, 0.2) is 0 Å². The molecule has 0 aliphatic carbocycles. The maximum Gasteiger partial charge on any atom is 0.321 e. The number of anilines is 1. The first-order valence-electron chi connectivity index (χ1n) is 7.87. The van der Waals surface area contributed by atoms with Gasteiger partial charge in [-0.3, -0.25) is 4.79 Å². The molecule has 0 aromatic heterocycles. The molecule has 1 aliphatic heterocycles. The standard InChI is InChI=1S/C17H21N3O4/c1-3-24-15-5-4-14(9-13(15)10-18)19-17(22)20-7-6-12(11-20)8-16(21)23-2/h4-5,9,12H,3,6-8,11H2,1-2H3,(H,19,22)/t12-/m0/s1. The minimum Gasteiger partial charge on any atom is -0.492 e. The largest absolute Gasteiger partial charge is 0.492 e. The molecule has 128 valence electrons. The molecule has 1 fully saturated rings. The Morgan fingerprint density at radius 2 is 2.25 bits per heavy atom. The van der Waals surface area contributed by atoms with E-state index in [1.807, 2.05) is 6.92 Å². The Morgan fingerprint density at radius 3 is 2.92 bits per heavy atom. The molecule has 0 radical (unpaired) electrons. The molecule has 2 amide bonds. The molecule has 24 heavy (non-hydrogen) atoms. The summed E-state index contributed by atoms with van der Waals surface area (Å²) in [5.41, 5.74) is 0.913. The predicted molar refractivity (Wildman–Crippen MR) is 87.7 cm³/mol. The lowest BCUT2D eigenvalue weighted by Gasteiger charge is -2.17. The fourth-order valence-corrected chi connectivity index (χ4v) is 2.68. The molecule has 1 aromatic carbocycles. The molecule has 1 aliphatic rings. The lowest BCUT2D eigenvalue weighted by molar-refractivity contribution is -0.141. The van der Waals surface area contributed by atoms with Crippen LogP contribution in [0.15, 0.2) is 18.2 Å². The molecule has 0 unspecified atom stereocenters. The van der Waals surface area contributed by atoms with Gasteiger partial charge in [0.1, 0.15) is 11.8 Å². The van der Waals surface area contributed by atoms with Gasteiger partial charge in [-0.1, -0.05) is 0 Å². The number of methoxy groups -OCH3 is 1. The summed E-state index contributed by atoms with van der Waals surface area (Å²) in [6.07, 6.45) is 1.09. The first-order chi connectivity index (χ1) is 11.6. The lowest BCUT2D eigenvalue weighted by atomic mass is 10.1. The van der Waals surface area contributed by atoms with E-state index in [0.29, 0.717) is 43.1 Å². The van der Waals surface area contributed by atoms with Crippen molar-refractivity contribution < 1.29 is 19.1 Å². The molecule has 7 heteroatoms. The van der Waals surface area contributed by atoms with Gasteiger partial charge in [-0.2, -0.15) is 5.26 Å². The first-order valence-corrected chi connectivity index (χ1v) is 7.87. The molecule has 1 aromatic rings. The molecule has 2 rings (SSSR count). The number of carbonyl (C=O) groups is 2. The van der Waals surface area contributed by atoms with Crippen LogP contribution in [0, 0.1) is 17.2 Å². The molecule has 0 saturated carbocycles. The summed E-state index contributed by atoms with van der Waals surface area (Å²) >= 11 is 0. The number of rotatable bonds is 5. The zero-order chi connectivity index (χ0) is 17.5. The number of hydrogen-bond acceptors (Lipinski definition) is 5. The van der Waals surface area contributed by atoms with E-state index in [9.17, 15) is 9.59 Å². The number of esters is 1. The van der Waals surface area contributed by atoms with Crippen LogP contribution in [-0.2, 0) is 9.53 Å². The number of nitriles is 1. The summed E-state index contributed by atoms with van der Waals surface area (Å²) in [6.45, 7) is 3.42. The zero-order valence-corrected chi connectivity index (χ0v) is 13.9. The van der Waals surface area contributed by atoms with Gasteiger partial charge in [0, 0.05) is 18.8 Å². The number of likely N-dealkylation sites (tertiary alicyclic amines) is 1. The van der Waals surface area contributed by atoms with Crippen molar-refractivity contribution >= 4 is 17.7 Å². The van der Waals surface area contributed by atoms with Gasteiger partial charge < -0.3 is 19.7 Å². The molecule has 0 bridgehead atoms. The van der Waals surface area contributed by atoms with Crippen LogP contribution < -0.4 is 10.1 Å². The Bertz CT molecular complexity index is 654. The van der Waals surface area contributed by atoms with Gasteiger partial charge >= 0.3 is 12.0 Å². The van der Waals surface area contributed by atoms with Gasteiger partial charge in [-0.05, 0) is 37.5 Å². The maximum atomic E-state index is 12.3. The van der Waals surface area contributed by atoms with Gasteiger partial charge in [-0.25, -0.2) is 4.79 Å². The molecule has 1 atom stereocenters. The fraction of sp³-hybridized carbons (Fsp3) is 0.471. The second-order valence-electron chi connectivity index (χ2n) is 5.57. The van der Waals surface area contributed by atoms with Gasteiger partial charge in [0.05, 0.1) is 25.7 Å². The molecule has 7 nitrogen and oxygen atoms in total. The quantitative estimate of drug-likeness (QED) is 0.836. The number of benzene rings is 1. The monoisotopic (exact) mass is 331 g/mol. The zero-order valence-electron chi connectivity index (χ0n) is 13.9. The van der Waals surface area contributed by atoms with E-state index < -0.39 is 0 Å². The smallest absolute Gasteiger partial charge is 0.321 e. The summed E-state index contributed by atoms with van der Waals surface area (Å²) < 4.78 is 10.0. The van der Waals surface area contributed by atoms with Crippen molar-refractivity contribution in [3.8, 4) is 11.8 Å². The van der Waals surface area contributed by atoms with Gasteiger partial charge in [0.2, 0.25) is 0 Å². The summed E-state index contributed by atoms with van der Waals surface area (Å²) in [4.78, 5) is 25.3. The molecular formula is C17H21N3O4. The van der Waals surface area contributed by atoms with Crippen LogP contribution in [-0.4, -0.2) is 43.7 Å². The Labute approximate surface area is 141 Å². The SMILES string of the molecule is CCOc1ccc(NC(=O)N2CC[C@@H](CC(=O)OC)C2)cc1C#N. The summed E-state index contributed by atoms with van der Waals surface area (Å²) in [7, 11) is 1.36. The van der Waals surface area contributed by atoms with Gasteiger partial charge in [0.25, 0.3) is 0 Å². The highest BCUT2D eigenvalue weighted by molar-refractivity contribution is 5.90. The average Bonchev–Trinajstić information content (AvgIpc) is 3.04. The third kappa shape index (κ3) is 4.38. The van der Waals surface area contributed by atoms with Crippen molar-refractivity contribution in [3.63, 3.8) is 0 Å².